The molecule has 1 unspecified atom stereocenters. The topological polar surface area (TPSA) is 45.7 Å². The number of methoxy groups -OCH3 is 1. The van der Waals surface area contributed by atoms with Crippen molar-refractivity contribution >= 4 is 23.0 Å². The number of rotatable bonds is 8. The number of esters is 1. The Kier molecular flexibility index (Phi) is 7.22. The highest BCUT2D eigenvalue weighted by Gasteiger charge is 2.36. The molecule has 0 bridgehead atoms. The number of carbonyl (C=O) groups excluding carboxylic acids is 1. The Balaban J connectivity index is 1.31. The van der Waals surface area contributed by atoms with Crippen molar-refractivity contribution in [1.29, 1.82) is 0 Å². The van der Waals surface area contributed by atoms with E-state index >= 15 is 0 Å². The number of aromatic nitrogens is 1. The first-order valence-electron chi connectivity index (χ1n) is 11.2. The third-order valence-corrected chi connectivity index (χ3v) is 7.28. The Labute approximate surface area is 194 Å². The van der Waals surface area contributed by atoms with Gasteiger partial charge in [0.05, 0.1) is 12.5 Å². The van der Waals surface area contributed by atoms with Gasteiger partial charge >= 0.3 is 5.97 Å². The summed E-state index contributed by atoms with van der Waals surface area (Å²) in [7, 11) is 1.48. The van der Waals surface area contributed by atoms with Gasteiger partial charge in [0, 0.05) is 49.0 Å². The lowest BCUT2D eigenvalue weighted by atomic mass is 9.78. The zero-order chi connectivity index (χ0) is 22.4. The first-order chi connectivity index (χ1) is 15.6. The number of thiazole rings is 1. The number of anilines is 1. The SMILES string of the molecule is COC(=O)C(C)(CCCN1CCN(c2cccc(-c3nccs3)c2)CC1)c1ccccc1. The van der Waals surface area contributed by atoms with E-state index in [1.165, 1.54) is 18.4 Å². The molecule has 0 N–H and O–H groups in total. The molecule has 5 nitrogen and oxygen atoms in total. The summed E-state index contributed by atoms with van der Waals surface area (Å²) in [6.45, 7) is 7.07. The molecule has 2 aromatic carbocycles. The van der Waals surface area contributed by atoms with Crippen LogP contribution in [0.25, 0.3) is 10.6 Å². The lowest BCUT2D eigenvalue weighted by molar-refractivity contribution is -0.147. The van der Waals surface area contributed by atoms with Crippen LogP contribution < -0.4 is 4.90 Å². The Bertz CT molecular complexity index is 1000. The summed E-state index contributed by atoms with van der Waals surface area (Å²) in [6.07, 6.45) is 3.59. The van der Waals surface area contributed by atoms with Gasteiger partial charge in [0.25, 0.3) is 0 Å². The maximum Gasteiger partial charge on any atom is 0.315 e. The number of hydrogen-bond donors (Lipinski definition) is 0. The molecule has 0 radical (unpaired) electrons. The van der Waals surface area contributed by atoms with Crippen LogP contribution in [-0.2, 0) is 14.9 Å². The summed E-state index contributed by atoms with van der Waals surface area (Å²) >= 11 is 1.67. The van der Waals surface area contributed by atoms with E-state index in [0.717, 1.165) is 56.1 Å². The first-order valence-corrected chi connectivity index (χ1v) is 12.1. The van der Waals surface area contributed by atoms with Crippen LogP contribution in [0.15, 0.2) is 66.2 Å². The maximum absolute atomic E-state index is 12.6. The molecule has 168 valence electrons. The van der Waals surface area contributed by atoms with Gasteiger partial charge in [-0.3, -0.25) is 9.69 Å². The maximum atomic E-state index is 12.6. The van der Waals surface area contributed by atoms with Gasteiger partial charge in [0.2, 0.25) is 0 Å². The lowest BCUT2D eigenvalue weighted by Crippen LogP contribution is -2.47. The molecule has 0 spiro atoms. The molecule has 2 heterocycles. The quantitative estimate of drug-likeness (QED) is 0.460. The van der Waals surface area contributed by atoms with Gasteiger partial charge in [-0.25, -0.2) is 4.98 Å². The van der Waals surface area contributed by atoms with Crippen molar-refractivity contribution < 1.29 is 9.53 Å². The van der Waals surface area contributed by atoms with E-state index in [4.69, 9.17) is 4.74 Å². The Morgan fingerprint density at radius 2 is 1.88 bits per heavy atom. The second-order valence-corrected chi connectivity index (χ2v) is 9.40. The smallest absolute Gasteiger partial charge is 0.315 e. The van der Waals surface area contributed by atoms with E-state index in [1.54, 1.807) is 11.3 Å². The molecule has 4 rings (SSSR count). The largest absolute Gasteiger partial charge is 0.468 e. The first kappa shape index (κ1) is 22.5. The molecular formula is C26H31N3O2S. The molecule has 1 saturated heterocycles. The molecule has 0 amide bonds. The zero-order valence-electron chi connectivity index (χ0n) is 18.9. The van der Waals surface area contributed by atoms with Crippen molar-refractivity contribution in [2.45, 2.75) is 25.2 Å². The number of piperazine rings is 1. The average molecular weight is 450 g/mol. The van der Waals surface area contributed by atoms with Crippen molar-refractivity contribution in [2.75, 3.05) is 44.7 Å². The molecule has 1 aliphatic rings. The van der Waals surface area contributed by atoms with Crippen LogP contribution in [0, 0.1) is 0 Å². The second kappa shape index (κ2) is 10.3. The van der Waals surface area contributed by atoms with Gasteiger partial charge in [-0.15, -0.1) is 11.3 Å². The molecule has 0 aliphatic carbocycles. The van der Waals surface area contributed by atoms with E-state index in [2.05, 4.69) is 39.0 Å². The fraction of sp³-hybridized carbons (Fsp3) is 0.385. The highest BCUT2D eigenvalue weighted by Crippen LogP contribution is 2.31. The molecule has 0 saturated carbocycles. The fourth-order valence-electron chi connectivity index (χ4n) is 4.48. The van der Waals surface area contributed by atoms with Crippen molar-refractivity contribution in [3.05, 3.63) is 71.7 Å². The number of ether oxygens (including phenoxy) is 1. The Morgan fingerprint density at radius 1 is 1.09 bits per heavy atom. The van der Waals surface area contributed by atoms with E-state index < -0.39 is 5.41 Å². The van der Waals surface area contributed by atoms with Gasteiger partial charge in [0.15, 0.2) is 0 Å². The van der Waals surface area contributed by atoms with Crippen molar-refractivity contribution in [2.24, 2.45) is 0 Å². The van der Waals surface area contributed by atoms with Crippen molar-refractivity contribution in [1.82, 2.24) is 9.88 Å². The summed E-state index contributed by atoms with van der Waals surface area (Å²) in [5.74, 6) is -0.159. The van der Waals surface area contributed by atoms with Crippen LogP contribution in [0.4, 0.5) is 5.69 Å². The van der Waals surface area contributed by atoms with Crippen LogP contribution >= 0.6 is 11.3 Å². The molecule has 1 fully saturated rings. The summed E-state index contributed by atoms with van der Waals surface area (Å²) in [4.78, 5) is 22.0. The van der Waals surface area contributed by atoms with Crippen molar-refractivity contribution in [3.63, 3.8) is 0 Å². The minimum atomic E-state index is -0.603. The fourth-order valence-corrected chi connectivity index (χ4v) is 5.12. The van der Waals surface area contributed by atoms with Gasteiger partial charge in [-0.1, -0.05) is 42.5 Å². The summed E-state index contributed by atoms with van der Waals surface area (Å²) in [5, 5.41) is 3.08. The lowest BCUT2D eigenvalue weighted by Gasteiger charge is -2.37. The van der Waals surface area contributed by atoms with Crippen LogP contribution in [0.1, 0.15) is 25.3 Å². The highest BCUT2D eigenvalue weighted by molar-refractivity contribution is 7.13. The molecule has 1 atom stereocenters. The van der Waals surface area contributed by atoms with Crippen molar-refractivity contribution in [3.8, 4) is 10.6 Å². The molecule has 3 aromatic rings. The van der Waals surface area contributed by atoms with Crippen LogP contribution in [0.2, 0.25) is 0 Å². The normalized spacial score (nSPS) is 16.5. The molecule has 1 aliphatic heterocycles. The highest BCUT2D eigenvalue weighted by atomic mass is 32.1. The predicted octanol–water partition coefficient (Wildman–Crippen LogP) is 4.84. The summed E-state index contributed by atoms with van der Waals surface area (Å²) in [6, 6.07) is 18.7. The van der Waals surface area contributed by atoms with E-state index in [1.807, 2.05) is 48.8 Å². The molecular weight excluding hydrogens is 418 g/mol. The number of hydrogen-bond acceptors (Lipinski definition) is 6. The van der Waals surface area contributed by atoms with Gasteiger partial charge < -0.3 is 9.64 Å². The van der Waals surface area contributed by atoms with E-state index in [-0.39, 0.29) is 5.97 Å². The van der Waals surface area contributed by atoms with E-state index in [9.17, 15) is 4.79 Å². The Morgan fingerprint density at radius 3 is 2.56 bits per heavy atom. The number of carbonyl (C=O) groups is 1. The Hall–Kier alpha value is -2.70. The monoisotopic (exact) mass is 449 g/mol. The third-order valence-electron chi connectivity index (χ3n) is 6.46. The van der Waals surface area contributed by atoms with Gasteiger partial charge in [-0.05, 0) is 44.0 Å². The van der Waals surface area contributed by atoms with Crippen LogP contribution in [0.3, 0.4) is 0 Å². The minimum absolute atomic E-state index is 0.159. The standard InChI is InChI=1S/C26H31N3O2S/c1-26(25(30)31-2,22-9-4-3-5-10-22)12-7-14-28-15-17-29(18-16-28)23-11-6-8-21(20-23)24-27-13-19-32-24/h3-6,8-11,13,19-20H,7,12,14-18H2,1-2H3. The summed E-state index contributed by atoms with van der Waals surface area (Å²) < 4.78 is 5.15. The third kappa shape index (κ3) is 5.03. The van der Waals surface area contributed by atoms with Gasteiger partial charge in [0.1, 0.15) is 5.01 Å². The van der Waals surface area contributed by atoms with Gasteiger partial charge in [-0.2, -0.15) is 0 Å². The molecule has 32 heavy (non-hydrogen) atoms. The average Bonchev–Trinajstić information content (AvgIpc) is 3.40. The minimum Gasteiger partial charge on any atom is -0.468 e. The van der Waals surface area contributed by atoms with E-state index in [0.29, 0.717) is 0 Å². The summed E-state index contributed by atoms with van der Waals surface area (Å²) in [5.41, 5.74) is 2.87. The molecule has 6 heteroatoms. The zero-order valence-corrected chi connectivity index (χ0v) is 19.7. The second-order valence-electron chi connectivity index (χ2n) is 8.51. The van der Waals surface area contributed by atoms with Crippen LogP contribution in [-0.4, -0.2) is 55.7 Å². The molecule has 1 aromatic heterocycles. The number of benzene rings is 2. The predicted molar refractivity (Wildman–Crippen MR) is 131 cm³/mol. The van der Waals surface area contributed by atoms with Crippen LogP contribution in [0.5, 0.6) is 0 Å². The number of nitrogens with zero attached hydrogens (tertiary/aromatic N) is 3.